The lowest BCUT2D eigenvalue weighted by Crippen LogP contribution is -2.22. The van der Waals surface area contributed by atoms with Gasteiger partial charge >= 0.3 is 0 Å². The molecule has 132 valence electrons. The summed E-state index contributed by atoms with van der Waals surface area (Å²) in [6, 6.07) is 16.4. The van der Waals surface area contributed by atoms with E-state index in [1.54, 1.807) is 6.20 Å². The van der Waals surface area contributed by atoms with Crippen molar-refractivity contribution < 1.29 is 0 Å². The minimum Gasteiger partial charge on any atom is -0.355 e. The van der Waals surface area contributed by atoms with Crippen LogP contribution in [0.15, 0.2) is 54.7 Å². The maximum Gasteiger partial charge on any atom is 0.180 e. The standard InChI is InChI=1S/C21H21ClN4/c1-15-19(22)21(25-20(24-15)18-9-5-6-11-23-18)26-12-10-17(14-26)13-16-7-3-2-4-8-16/h2-9,11,17H,10,12-14H2,1H3/t17-/m1/s1. The van der Waals surface area contributed by atoms with Crippen molar-refractivity contribution in [3.05, 3.63) is 71.0 Å². The van der Waals surface area contributed by atoms with Gasteiger partial charge in [-0.1, -0.05) is 48.0 Å². The Hall–Kier alpha value is -2.46. The van der Waals surface area contributed by atoms with Gasteiger partial charge in [-0.2, -0.15) is 0 Å². The van der Waals surface area contributed by atoms with Crippen molar-refractivity contribution in [2.75, 3.05) is 18.0 Å². The molecule has 1 aliphatic heterocycles. The topological polar surface area (TPSA) is 41.9 Å². The molecule has 4 rings (SSSR count). The molecule has 0 spiro atoms. The summed E-state index contributed by atoms with van der Waals surface area (Å²) in [5.41, 5.74) is 2.95. The number of anilines is 1. The van der Waals surface area contributed by atoms with Crippen molar-refractivity contribution in [2.24, 2.45) is 5.92 Å². The van der Waals surface area contributed by atoms with Crippen LogP contribution in [0.25, 0.3) is 11.5 Å². The first-order valence-electron chi connectivity index (χ1n) is 8.95. The molecule has 1 saturated heterocycles. The van der Waals surface area contributed by atoms with Crippen molar-refractivity contribution in [1.29, 1.82) is 0 Å². The molecule has 1 aromatic carbocycles. The highest BCUT2D eigenvalue weighted by Crippen LogP contribution is 2.32. The predicted octanol–water partition coefficient (Wildman–Crippen LogP) is 4.57. The lowest BCUT2D eigenvalue weighted by molar-refractivity contribution is 0.586. The van der Waals surface area contributed by atoms with Crippen LogP contribution in [0, 0.1) is 12.8 Å². The Morgan fingerprint density at radius 3 is 2.65 bits per heavy atom. The van der Waals surface area contributed by atoms with Gasteiger partial charge in [-0.3, -0.25) is 4.98 Å². The average molecular weight is 365 g/mol. The van der Waals surface area contributed by atoms with Gasteiger partial charge in [0.1, 0.15) is 10.7 Å². The van der Waals surface area contributed by atoms with Crippen molar-refractivity contribution in [3.63, 3.8) is 0 Å². The Kier molecular flexibility index (Phi) is 4.85. The van der Waals surface area contributed by atoms with Gasteiger partial charge in [-0.15, -0.1) is 0 Å². The van der Waals surface area contributed by atoms with Crippen LogP contribution in [0.5, 0.6) is 0 Å². The number of hydrogen-bond acceptors (Lipinski definition) is 4. The quantitative estimate of drug-likeness (QED) is 0.680. The van der Waals surface area contributed by atoms with Crippen molar-refractivity contribution in [2.45, 2.75) is 19.8 Å². The summed E-state index contributed by atoms with van der Waals surface area (Å²) in [5, 5.41) is 0.644. The van der Waals surface area contributed by atoms with E-state index in [0.29, 0.717) is 16.8 Å². The molecule has 0 N–H and O–H groups in total. The highest BCUT2D eigenvalue weighted by molar-refractivity contribution is 6.33. The molecule has 3 aromatic rings. The third-order valence-corrected chi connectivity index (χ3v) is 5.29. The number of aromatic nitrogens is 3. The van der Waals surface area contributed by atoms with Crippen LogP contribution in [-0.4, -0.2) is 28.0 Å². The number of nitrogens with zero attached hydrogens (tertiary/aromatic N) is 4. The second-order valence-electron chi connectivity index (χ2n) is 6.78. The van der Waals surface area contributed by atoms with E-state index in [0.717, 1.165) is 43.1 Å². The number of pyridine rings is 1. The zero-order chi connectivity index (χ0) is 17.9. The average Bonchev–Trinajstić information content (AvgIpc) is 3.13. The van der Waals surface area contributed by atoms with Crippen molar-refractivity contribution >= 4 is 17.4 Å². The summed E-state index contributed by atoms with van der Waals surface area (Å²) in [5.74, 6) is 2.08. The van der Waals surface area contributed by atoms with Gasteiger partial charge in [0.2, 0.25) is 0 Å². The smallest absolute Gasteiger partial charge is 0.180 e. The normalized spacial score (nSPS) is 16.8. The van der Waals surface area contributed by atoms with Crippen LogP contribution in [0.1, 0.15) is 17.7 Å². The summed E-state index contributed by atoms with van der Waals surface area (Å²) in [7, 11) is 0. The second-order valence-corrected chi connectivity index (χ2v) is 7.15. The Labute approximate surface area is 158 Å². The Bertz CT molecular complexity index is 883. The SMILES string of the molecule is Cc1nc(-c2ccccn2)nc(N2CC[C@H](Cc3ccccc3)C2)c1Cl. The molecule has 1 atom stereocenters. The molecule has 0 radical (unpaired) electrons. The van der Waals surface area contributed by atoms with Crippen LogP contribution >= 0.6 is 11.6 Å². The molecule has 1 aliphatic rings. The van der Waals surface area contributed by atoms with Crippen molar-refractivity contribution in [3.8, 4) is 11.5 Å². The second kappa shape index (κ2) is 7.42. The fourth-order valence-electron chi connectivity index (χ4n) is 3.50. The number of hydrogen-bond donors (Lipinski definition) is 0. The van der Waals surface area contributed by atoms with Crippen LogP contribution in [0.3, 0.4) is 0 Å². The Morgan fingerprint density at radius 2 is 1.88 bits per heavy atom. The molecule has 0 amide bonds. The maximum atomic E-state index is 6.55. The summed E-state index contributed by atoms with van der Waals surface area (Å²) in [4.78, 5) is 15.9. The highest BCUT2D eigenvalue weighted by atomic mass is 35.5. The molecular formula is C21H21ClN4. The Balaban J connectivity index is 1.57. The molecule has 26 heavy (non-hydrogen) atoms. The maximum absolute atomic E-state index is 6.55. The lowest BCUT2D eigenvalue weighted by atomic mass is 9.99. The van der Waals surface area contributed by atoms with Gasteiger partial charge in [-0.25, -0.2) is 9.97 Å². The number of aryl methyl sites for hydroxylation is 1. The molecule has 0 bridgehead atoms. The van der Waals surface area contributed by atoms with Crippen molar-refractivity contribution in [1.82, 2.24) is 15.0 Å². The molecule has 1 fully saturated rings. The van der Waals surface area contributed by atoms with Gasteiger partial charge in [0.05, 0.1) is 5.69 Å². The number of benzene rings is 1. The minimum absolute atomic E-state index is 0.613. The summed E-state index contributed by atoms with van der Waals surface area (Å²) in [6.45, 7) is 3.86. The van der Waals surface area contributed by atoms with Gasteiger partial charge in [0.15, 0.2) is 11.6 Å². The van der Waals surface area contributed by atoms with Gasteiger partial charge in [0, 0.05) is 19.3 Å². The third-order valence-electron chi connectivity index (χ3n) is 4.85. The molecule has 0 saturated carbocycles. The molecule has 0 aliphatic carbocycles. The van der Waals surface area contributed by atoms with E-state index in [1.807, 2.05) is 25.1 Å². The van der Waals surface area contributed by atoms with E-state index in [2.05, 4.69) is 45.2 Å². The zero-order valence-electron chi connectivity index (χ0n) is 14.8. The molecular weight excluding hydrogens is 344 g/mol. The first kappa shape index (κ1) is 17.0. The monoisotopic (exact) mass is 364 g/mol. The van der Waals surface area contributed by atoms with Gasteiger partial charge < -0.3 is 4.90 Å². The van der Waals surface area contributed by atoms with Gasteiger partial charge in [-0.05, 0) is 43.4 Å². The lowest BCUT2D eigenvalue weighted by Gasteiger charge is -2.20. The fourth-order valence-corrected chi connectivity index (χ4v) is 3.71. The molecule has 2 aromatic heterocycles. The highest BCUT2D eigenvalue weighted by Gasteiger charge is 2.26. The first-order chi connectivity index (χ1) is 12.7. The number of halogens is 1. The third kappa shape index (κ3) is 3.56. The minimum atomic E-state index is 0.613. The molecule has 4 nitrogen and oxygen atoms in total. The van der Waals surface area contributed by atoms with E-state index in [1.165, 1.54) is 5.56 Å². The molecule has 0 unspecified atom stereocenters. The van der Waals surface area contributed by atoms with E-state index >= 15 is 0 Å². The van der Waals surface area contributed by atoms with Crippen LogP contribution < -0.4 is 4.90 Å². The first-order valence-corrected chi connectivity index (χ1v) is 9.33. The predicted molar refractivity (Wildman–Crippen MR) is 105 cm³/mol. The van der Waals surface area contributed by atoms with Crippen LogP contribution in [0.2, 0.25) is 5.02 Å². The summed E-state index contributed by atoms with van der Waals surface area (Å²) in [6.07, 6.45) is 3.99. The van der Waals surface area contributed by atoms with E-state index in [9.17, 15) is 0 Å². The van der Waals surface area contributed by atoms with E-state index < -0.39 is 0 Å². The summed E-state index contributed by atoms with van der Waals surface area (Å²) < 4.78 is 0. The zero-order valence-corrected chi connectivity index (χ0v) is 15.5. The van der Waals surface area contributed by atoms with E-state index in [4.69, 9.17) is 16.6 Å². The van der Waals surface area contributed by atoms with E-state index in [-0.39, 0.29) is 0 Å². The van der Waals surface area contributed by atoms with Gasteiger partial charge in [0.25, 0.3) is 0 Å². The van der Waals surface area contributed by atoms with Crippen LogP contribution in [-0.2, 0) is 6.42 Å². The Morgan fingerprint density at radius 1 is 1.08 bits per heavy atom. The number of rotatable bonds is 4. The molecule has 3 heterocycles. The largest absolute Gasteiger partial charge is 0.355 e. The van der Waals surface area contributed by atoms with Crippen LogP contribution in [0.4, 0.5) is 5.82 Å². The summed E-state index contributed by atoms with van der Waals surface area (Å²) >= 11 is 6.55. The molecule has 5 heteroatoms. The fraction of sp³-hybridized carbons (Fsp3) is 0.286.